The van der Waals surface area contributed by atoms with Crippen LogP contribution in [0.2, 0.25) is 0 Å². The minimum atomic E-state index is -3.65. The Hall–Kier alpha value is -2.26. The van der Waals surface area contributed by atoms with E-state index in [-0.39, 0.29) is 16.9 Å². The zero-order chi connectivity index (χ0) is 22.3. The second-order valence-electron chi connectivity index (χ2n) is 7.53. The summed E-state index contributed by atoms with van der Waals surface area (Å²) >= 11 is 0. The lowest BCUT2D eigenvalue weighted by atomic mass is 10.1. The Labute approximate surface area is 184 Å². The van der Waals surface area contributed by atoms with Crippen LogP contribution in [-0.4, -0.2) is 58.1 Å². The quantitative estimate of drug-likeness (QED) is 0.599. The van der Waals surface area contributed by atoms with Crippen molar-refractivity contribution in [3.63, 3.8) is 0 Å². The van der Waals surface area contributed by atoms with Gasteiger partial charge in [-0.15, -0.1) is 0 Å². The lowest BCUT2D eigenvalue weighted by Gasteiger charge is -2.26. The number of hydrogen-bond acceptors (Lipinski definition) is 5. The third-order valence-electron chi connectivity index (χ3n) is 5.31. The fraction of sp³-hybridized carbons (Fsp3) is 0.435. The van der Waals surface area contributed by atoms with E-state index in [9.17, 15) is 13.2 Å². The third kappa shape index (κ3) is 6.13. The van der Waals surface area contributed by atoms with Crippen LogP contribution in [0.15, 0.2) is 53.4 Å². The van der Waals surface area contributed by atoms with E-state index in [1.807, 2.05) is 37.3 Å². The molecule has 168 valence electrons. The minimum Gasteiger partial charge on any atom is -0.379 e. The predicted octanol–water partition coefficient (Wildman–Crippen LogP) is 2.91. The maximum atomic E-state index is 12.9. The SMILES string of the molecule is Cc1ccc(S(=O)(=O)N2CCOCC2)cc1C(=O)NCCCOC(C)c1ccccc1. The first kappa shape index (κ1) is 23.4. The van der Waals surface area contributed by atoms with Gasteiger partial charge >= 0.3 is 0 Å². The molecule has 0 aromatic heterocycles. The van der Waals surface area contributed by atoms with Crippen LogP contribution < -0.4 is 5.32 Å². The molecule has 0 spiro atoms. The second kappa shape index (κ2) is 10.9. The molecule has 0 aliphatic carbocycles. The van der Waals surface area contributed by atoms with Crippen molar-refractivity contribution < 1.29 is 22.7 Å². The Bertz CT molecular complexity index is 973. The van der Waals surface area contributed by atoms with Crippen LogP contribution >= 0.6 is 0 Å². The Kier molecular flexibility index (Phi) is 8.20. The van der Waals surface area contributed by atoms with Crippen molar-refractivity contribution in [1.82, 2.24) is 9.62 Å². The van der Waals surface area contributed by atoms with Gasteiger partial charge in [0.2, 0.25) is 10.0 Å². The molecule has 2 aromatic carbocycles. The summed E-state index contributed by atoms with van der Waals surface area (Å²) in [5, 5.41) is 2.86. The van der Waals surface area contributed by atoms with Crippen molar-refractivity contribution in [3.8, 4) is 0 Å². The number of carbonyl (C=O) groups excluding carboxylic acids is 1. The average molecular weight is 447 g/mol. The van der Waals surface area contributed by atoms with E-state index in [0.29, 0.717) is 51.4 Å². The Morgan fingerprint density at radius 2 is 1.87 bits per heavy atom. The number of amides is 1. The maximum Gasteiger partial charge on any atom is 0.251 e. The van der Waals surface area contributed by atoms with Gasteiger partial charge in [-0.25, -0.2) is 8.42 Å². The van der Waals surface area contributed by atoms with Crippen molar-refractivity contribution in [2.45, 2.75) is 31.3 Å². The fourth-order valence-corrected chi connectivity index (χ4v) is 4.83. The number of carbonyl (C=O) groups is 1. The number of morpholine rings is 1. The maximum absolute atomic E-state index is 12.9. The summed E-state index contributed by atoms with van der Waals surface area (Å²) in [7, 11) is -3.65. The first-order valence-electron chi connectivity index (χ1n) is 10.5. The second-order valence-corrected chi connectivity index (χ2v) is 9.46. The minimum absolute atomic E-state index is 0.0128. The molecule has 3 rings (SSSR count). The van der Waals surface area contributed by atoms with Gasteiger partial charge < -0.3 is 14.8 Å². The summed E-state index contributed by atoms with van der Waals surface area (Å²) < 4.78 is 38.2. The molecule has 0 bridgehead atoms. The van der Waals surface area contributed by atoms with Gasteiger partial charge in [-0.05, 0) is 43.5 Å². The molecule has 2 aromatic rings. The van der Waals surface area contributed by atoms with Crippen molar-refractivity contribution >= 4 is 15.9 Å². The van der Waals surface area contributed by atoms with Crippen molar-refractivity contribution in [3.05, 3.63) is 65.2 Å². The van der Waals surface area contributed by atoms with E-state index in [0.717, 1.165) is 11.1 Å². The lowest BCUT2D eigenvalue weighted by molar-refractivity contribution is 0.0635. The van der Waals surface area contributed by atoms with E-state index >= 15 is 0 Å². The van der Waals surface area contributed by atoms with Crippen molar-refractivity contribution in [2.75, 3.05) is 39.5 Å². The molecule has 1 aliphatic rings. The van der Waals surface area contributed by atoms with Gasteiger partial charge in [0.1, 0.15) is 0 Å². The number of benzene rings is 2. The Balaban J connectivity index is 1.53. The van der Waals surface area contributed by atoms with E-state index in [1.165, 1.54) is 10.4 Å². The number of rotatable bonds is 9. The highest BCUT2D eigenvalue weighted by Crippen LogP contribution is 2.21. The summed E-state index contributed by atoms with van der Waals surface area (Å²) in [5.74, 6) is -0.285. The van der Waals surface area contributed by atoms with Crippen LogP contribution in [0.1, 0.15) is 40.9 Å². The number of hydrogen-bond donors (Lipinski definition) is 1. The zero-order valence-corrected chi connectivity index (χ0v) is 18.9. The molecule has 0 saturated carbocycles. The molecule has 1 N–H and O–H groups in total. The number of aryl methyl sites for hydroxylation is 1. The van der Waals surface area contributed by atoms with E-state index in [2.05, 4.69) is 5.32 Å². The molecule has 1 atom stereocenters. The standard InChI is InChI=1S/C23H30N2O5S/c1-18-9-10-21(31(27,28)25-12-15-29-16-13-25)17-22(18)23(26)24-11-6-14-30-19(2)20-7-4-3-5-8-20/h3-5,7-10,17,19H,6,11-16H2,1-2H3,(H,24,26). The zero-order valence-electron chi connectivity index (χ0n) is 18.0. The molecule has 0 radical (unpaired) electrons. The molecule has 7 nitrogen and oxygen atoms in total. The highest BCUT2D eigenvalue weighted by molar-refractivity contribution is 7.89. The molecule has 1 heterocycles. The molecule has 1 unspecified atom stereocenters. The smallest absolute Gasteiger partial charge is 0.251 e. The van der Waals surface area contributed by atoms with E-state index in [4.69, 9.17) is 9.47 Å². The average Bonchev–Trinajstić information content (AvgIpc) is 2.80. The van der Waals surface area contributed by atoms with Gasteiger partial charge in [0.05, 0.1) is 24.2 Å². The van der Waals surface area contributed by atoms with Crippen molar-refractivity contribution in [1.29, 1.82) is 0 Å². The van der Waals surface area contributed by atoms with Crippen LogP contribution in [-0.2, 0) is 19.5 Å². The summed E-state index contributed by atoms with van der Waals surface area (Å²) in [6.07, 6.45) is 0.648. The van der Waals surface area contributed by atoms with Gasteiger partial charge in [-0.3, -0.25) is 4.79 Å². The first-order chi connectivity index (χ1) is 14.9. The number of nitrogens with zero attached hydrogens (tertiary/aromatic N) is 1. The van der Waals surface area contributed by atoms with E-state index in [1.54, 1.807) is 19.1 Å². The van der Waals surface area contributed by atoms with Crippen LogP contribution in [0, 0.1) is 6.92 Å². The molecule has 1 aliphatic heterocycles. The number of sulfonamides is 1. The van der Waals surface area contributed by atoms with Gasteiger partial charge in [0.25, 0.3) is 5.91 Å². The Morgan fingerprint density at radius 1 is 1.16 bits per heavy atom. The van der Waals surface area contributed by atoms with Gasteiger partial charge in [-0.1, -0.05) is 36.4 Å². The summed E-state index contributed by atoms with van der Waals surface area (Å²) in [4.78, 5) is 12.8. The summed E-state index contributed by atoms with van der Waals surface area (Å²) in [6.45, 7) is 6.15. The third-order valence-corrected chi connectivity index (χ3v) is 7.20. The largest absolute Gasteiger partial charge is 0.379 e. The summed E-state index contributed by atoms with van der Waals surface area (Å²) in [5.41, 5.74) is 2.21. The molecule has 31 heavy (non-hydrogen) atoms. The first-order valence-corrected chi connectivity index (χ1v) is 12.0. The molecule has 1 saturated heterocycles. The topological polar surface area (TPSA) is 84.9 Å². The molecule has 1 amide bonds. The van der Waals surface area contributed by atoms with Gasteiger partial charge in [-0.2, -0.15) is 4.31 Å². The van der Waals surface area contributed by atoms with E-state index < -0.39 is 10.0 Å². The van der Waals surface area contributed by atoms with Crippen LogP contribution in [0.25, 0.3) is 0 Å². The number of nitrogens with one attached hydrogen (secondary N) is 1. The molecular formula is C23H30N2O5S. The van der Waals surface area contributed by atoms with Crippen LogP contribution in [0.5, 0.6) is 0 Å². The highest BCUT2D eigenvalue weighted by atomic mass is 32.2. The molecule has 8 heteroatoms. The molecular weight excluding hydrogens is 416 g/mol. The Morgan fingerprint density at radius 3 is 2.58 bits per heavy atom. The lowest BCUT2D eigenvalue weighted by Crippen LogP contribution is -2.40. The highest BCUT2D eigenvalue weighted by Gasteiger charge is 2.27. The van der Waals surface area contributed by atoms with Crippen LogP contribution in [0.4, 0.5) is 0 Å². The fourth-order valence-electron chi connectivity index (χ4n) is 3.39. The number of ether oxygens (including phenoxy) is 2. The molecule has 1 fully saturated rings. The van der Waals surface area contributed by atoms with Crippen molar-refractivity contribution in [2.24, 2.45) is 0 Å². The normalized spacial score (nSPS) is 16.1. The van der Waals surface area contributed by atoms with Gasteiger partial charge in [0, 0.05) is 31.8 Å². The predicted molar refractivity (Wildman–Crippen MR) is 119 cm³/mol. The van der Waals surface area contributed by atoms with Crippen LogP contribution in [0.3, 0.4) is 0 Å². The monoisotopic (exact) mass is 446 g/mol. The van der Waals surface area contributed by atoms with Gasteiger partial charge in [0.15, 0.2) is 0 Å². The summed E-state index contributed by atoms with van der Waals surface area (Å²) in [6, 6.07) is 14.7.